The first-order chi connectivity index (χ1) is 7.13. The van der Waals surface area contributed by atoms with Gasteiger partial charge in [-0.3, -0.25) is 4.90 Å². The van der Waals surface area contributed by atoms with E-state index < -0.39 is 0 Å². The summed E-state index contributed by atoms with van der Waals surface area (Å²) in [6, 6.07) is 0.557. The third-order valence-corrected chi connectivity index (χ3v) is 4.10. The summed E-state index contributed by atoms with van der Waals surface area (Å²) in [5, 5.41) is 3.36. The number of likely N-dealkylation sites (tertiary alicyclic amines) is 1. The number of nitrogens with zero attached hydrogens (tertiary/aromatic N) is 1. The van der Waals surface area contributed by atoms with Crippen molar-refractivity contribution in [2.75, 3.05) is 33.4 Å². The maximum Gasteiger partial charge on any atom is 0.0623 e. The second kappa shape index (κ2) is 4.40. The molecule has 0 aliphatic carbocycles. The molecular formula is C12H24N2O. The molecule has 0 spiro atoms. The molecule has 2 unspecified atom stereocenters. The van der Waals surface area contributed by atoms with Gasteiger partial charge in [0.15, 0.2) is 0 Å². The summed E-state index contributed by atoms with van der Waals surface area (Å²) in [6.07, 6.45) is 2.69. The van der Waals surface area contributed by atoms with Crippen molar-refractivity contribution in [3.05, 3.63) is 0 Å². The Labute approximate surface area is 93.2 Å². The Bertz CT molecular complexity index is 218. The normalized spacial score (nSPS) is 36.2. The zero-order valence-electron chi connectivity index (χ0n) is 10.3. The van der Waals surface area contributed by atoms with Crippen molar-refractivity contribution in [2.24, 2.45) is 5.92 Å². The highest BCUT2D eigenvalue weighted by molar-refractivity contribution is 4.91. The van der Waals surface area contributed by atoms with E-state index in [2.05, 4.69) is 24.1 Å². The minimum Gasteiger partial charge on any atom is -0.379 e. The number of nitrogens with one attached hydrogen (secondary N) is 1. The van der Waals surface area contributed by atoms with Crippen LogP contribution in [0.5, 0.6) is 0 Å². The largest absolute Gasteiger partial charge is 0.379 e. The molecule has 2 aliphatic rings. The molecule has 2 rings (SSSR count). The van der Waals surface area contributed by atoms with Crippen LogP contribution in [0.4, 0.5) is 0 Å². The fourth-order valence-corrected chi connectivity index (χ4v) is 2.88. The van der Waals surface area contributed by atoms with E-state index >= 15 is 0 Å². The fraction of sp³-hybridized carbons (Fsp3) is 1.00. The molecule has 2 saturated heterocycles. The number of rotatable bonds is 3. The second-order valence-corrected chi connectivity index (χ2v) is 5.55. The highest BCUT2D eigenvalue weighted by atomic mass is 16.5. The third kappa shape index (κ3) is 2.35. The van der Waals surface area contributed by atoms with E-state index in [9.17, 15) is 0 Å². The zero-order chi connectivity index (χ0) is 10.9. The van der Waals surface area contributed by atoms with Crippen LogP contribution >= 0.6 is 0 Å². The van der Waals surface area contributed by atoms with Gasteiger partial charge in [0.05, 0.1) is 13.2 Å². The van der Waals surface area contributed by atoms with Gasteiger partial charge in [0.25, 0.3) is 0 Å². The van der Waals surface area contributed by atoms with E-state index in [1.54, 1.807) is 0 Å². The van der Waals surface area contributed by atoms with Crippen LogP contribution in [0.25, 0.3) is 0 Å². The van der Waals surface area contributed by atoms with Gasteiger partial charge in [-0.05, 0) is 40.3 Å². The molecule has 2 atom stereocenters. The molecule has 15 heavy (non-hydrogen) atoms. The van der Waals surface area contributed by atoms with E-state index in [1.807, 2.05) is 7.05 Å². The molecule has 0 aromatic heterocycles. The lowest BCUT2D eigenvalue weighted by molar-refractivity contribution is 0.129. The number of likely N-dealkylation sites (N-methyl/N-ethyl adjacent to an activating group) is 1. The predicted molar refractivity (Wildman–Crippen MR) is 62.0 cm³/mol. The highest BCUT2D eigenvalue weighted by Gasteiger charge is 2.36. The Morgan fingerprint density at radius 3 is 2.80 bits per heavy atom. The van der Waals surface area contributed by atoms with Crippen LogP contribution in [-0.2, 0) is 4.74 Å². The van der Waals surface area contributed by atoms with Crippen LogP contribution in [0.1, 0.15) is 26.7 Å². The lowest BCUT2D eigenvalue weighted by Gasteiger charge is -2.34. The average molecular weight is 212 g/mol. The summed E-state index contributed by atoms with van der Waals surface area (Å²) in [6.45, 7) is 9.00. The summed E-state index contributed by atoms with van der Waals surface area (Å²) in [5.74, 6) is 0.673. The fourth-order valence-electron chi connectivity index (χ4n) is 2.88. The molecule has 0 saturated carbocycles. The highest BCUT2D eigenvalue weighted by Crippen LogP contribution is 2.30. The zero-order valence-corrected chi connectivity index (χ0v) is 10.3. The van der Waals surface area contributed by atoms with Crippen LogP contribution in [0.15, 0.2) is 0 Å². The predicted octanol–water partition coefficient (Wildman–Crippen LogP) is 1.10. The van der Waals surface area contributed by atoms with Crippen molar-refractivity contribution in [3.63, 3.8) is 0 Å². The second-order valence-electron chi connectivity index (χ2n) is 5.55. The summed E-state index contributed by atoms with van der Waals surface area (Å²) in [4.78, 5) is 2.64. The van der Waals surface area contributed by atoms with Crippen LogP contribution < -0.4 is 5.32 Å². The smallest absolute Gasteiger partial charge is 0.0623 e. The molecule has 0 amide bonds. The molecule has 0 bridgehead atoms. The van der Waals surface area contributed by atoms with Crippen LogP contribution in [0, 0.1) is 5.92 Å². The number of hydrogen-bond donors (Lipinski definition) is 1. The van der Waals surface area contributed by atoms with E-state index in [1.165, 1.54) is 25.9 Å². The molecule has 88 valence electrons. The molecule has 3 heteroatoms. The summed E-state index contributed by atoms with van der Waals surface area (Å²) >= 11 is 0. The van der Waals surface area contributed by atoms with Crippen molar-refractivity contribution >= 4 is 0 Å². The monoisotopic (exact) mass is 212 g/mol. The van der Waals surface area contributed by atoms with Crippen LogP contribution in [0.2, 0.25) is 0 Å². The van der Waals surface area contributed by atoms with Gasteiger partial charge in [0, 0.05) is 24.0 Å². The minimum absolute atomic E-state index is 0.404. The van der Waals surface area contributed by atoms with Crippen LogP contribution in [0.3, 0.4) is 0 Å². The van der Waals surface area contributed by atoms with Gasteiger partial charge < -0.3 is 10.1 Å². The first-order valence-electron chi connectivity index (χ1n) is 6.13. The molecule has 1 N–H and O–H groups in total. The van der Waals surface area contributed by atoms with E-state index in [4.69, 9.17) is 4.74 Å². The Kier molecular flexibility index (Phi) is 3.33. The third-order valence-electron chi connectivity index (χ3n) is 4.10. The molecule has 0 aromatic carbocycles. The number of ether oxygens (including phenoxy) is 1. The summed E-state index contributed by atoms with van der Waals surface area (Å²) in [5.41, 5.74) is 0.404. The first-order valence-corrected chi connectivity index (χ1v) is 6.13. The molecule has 2 fully saturated rings. The molecule has 0 aromatic rings. The molecular weight excluding hydrogens is 188 g/mol. The molecule has 3 nitrogen and oxygen atoms in total. The molecule has 0 radical (unpaired) electrons. The summed E-state index contributed by atoms with van der Waals surface area (Å²) in [7, 11) is 2.04. The van der Waals surface area contributed by atoms with E-state index in [0.29, 0.717) is 17.5 Å². The molecule has 2 heterocycles. The van der Waals surface area contributed by atoms with Gasteiger partial charge >= 0.3 is 0 Å². The van der Waals surface area contributed by atoms with Crippen molar-refractivity contribution in [2.45, 2.75) is 38.3 Å². The van der Waals surface area contributed by atoms with Crippen molar-refractivity contribution in [1.82, 2.24) is 10.2 Å². The number of hydrogen-bond acceptors (Lipinski definition) is 3. The Morgan fingerprint density at radius 2 is 2.20 bits per heavy atom. The quantitative estimate of drug-likeness (QED) is 0.758. The topological polar surface area (TPSA) is 24.5 Å². The minimum atomic E-state index is 0.404. The standard InChI is InChI=1S/C12H24N2O/c1-12(2)5-4-6-14(12)7-10-8-15-9-11(10)13-3/h10-11,13H,4-9H2,1-3H3. The van der Waals surface area contributed by atoms with Gasteiger partial charge in [0.1, 0.15) is 0 Å². The molecule has 2 aliphatic heterocycles. The van der Waals surface area contributed by atoms with Gasteiger partial charge in [-0.15, -0.1) is 0 Å². The van der Waals surface area contributed by atoms with Gasteiger partial charge in [-0.25, -0.2) is 0 Å². The SMILES string of the molecule is CNC1COCC1CN1CCCC1(C)C. The summed E-state index contributed by atoms with van der Waals surface area (Å²) < 4.78 is 5.55. The van der Waals surface area contributed by atoms with Crippen molar-refractivity contribution in [3.8, 4) is 0 Å². The van der Waals surface area contributed by atoms with E-state index in [0.717, 1.165) is 13.2 Å². The lowest BCUT2D eigenvalue weighted by Crippen LogP contribution is -2.45. The van der Waals surface area contributed by atoms with Gasteiger partial charge in [-0.1, -0.05) is 0 Å². The van der Waals surface area contributed by atoms with Crippen LogP contribution in [-0.4, -0.2) is 49.8 Å². The van der Waals surface area contributed by atoms with E-state index in [-0.39, 0.29) is 0 Å². The Balaban J connectivity index is 1.91. The van der Waals surface area contributed by atoms with Gasteiger partial charge in [-0.2, -0.15) is 0 Å². The van der Waals surface area contributed by atoms with Gasteiger partial charge in [0.2, 0.25) is 0 Å². The lowest BCUT2D eigenvalue weighted by atomic mass is 9.98. The van der Waals surface area contributed by atoms with Crippen molar-refractivity contribution in [1.29, 1.82) is 0 Å². The Morgan fingerprint density at radius 1 is 1.40 bits per heavy atom. The maximum atomic E-state index is 5.55. The maximum absolute atomic E-state index is 5.55. The van der Waals surface area contributed by atoms with Crippen molar-refractivity contribution < 1.29 is 4.74 Å². The first kappa shape index (κ1) is 11.4. The Hall–Kier alpha value is -0.120. The average Bonchev–Trinajstić information content (AvgIpc) is 2.74.